The average molecular weight is 460 g/mol. The van der Waals surface area contributed by atoms with Gasteiger partial charge in [-0.05, 0) is 49.0 Å². The third kappa shape index (κ3) is 4.32. The molecule has 0 saturated heterocycles. The smallest absolute Gasteiger partial charge is 0.195 e. The highest BCUT2D eigenvalue weighted by Gasteiger charge is 2.15. The molecule has 1 N–H and O–H groups in total. The minimum Gasteiger partial charge on any atom is -0.463 e. The van der Waals surface area contributed by atoms with Crippen molar-refractivity contribution in [3.63, 3.8) is 0 Å². The molecule has 160 valence electrons. The van der Waals surface area contributed by atoms with Crippen molar-refractivity contribution in [1.82, 2.24) is 24.3 Å². The normalized spacial score (nSPS) is 11.2. The molecule has 0 radical (unpaired) electrons. The second kappa shape index (κ2) is 9.02. The third-order valence-corrected chi connectivity index (χ3v) is 6.37. The molecule has 32 heavy (non-hydrogen) atoms. The van der Waals surface area contributed by atoms with Gasteiger partial charge in [0.2, 0.25) is 0 Å². The van der Waals surface area contributed by atoms with Crippen LogP contribution in [0.3, 0.4) is 0 Å². The highest BCUT2D eigenvalue weighted by molar-refractivity contribution is 7.98. The Morgan fingerprint density at radius 1 is 1.03 bits per heavy atom. The molecule has 0 unspecified atom stereocenters. The predicted octanol–water partition coefficient (Wildman–Crippen LogP) is 6.04. The molecule has 8 heteroatoms. The first-order valence-corrected chi connectivity index (χ1v) is 11.6. The fraction of sp³-hybridized carbons (Fsp3) is 0.125. The standard InChI is InChI=1S/C24H21N5OS2/c1-17-9-11-19(12-10-17)28-15-20(21-8-5-13-30-21)25-24(28)32-16-22-26-27-23(31)29(22)14-18-6-3-2-4-7-18/h2-13,15H,14,16H2,1H3,(H,27,31). The van der Waals surface area contributed by atoms with Crippen molar-refractivity contribution in [2.75, 3.05) is 0 Å². The first-order chi connectivity index (χ1) is 15.7. The van der Waals surface area contributed by atoms with E-state index in [4.69, 9.17) is 21.6 Å². The molecular formula is C24H21N5OS2. The summed E-state index contributed by atoms with van der Waals surface area (Å²) < 4.78 is 10.3. The SMILES string of the molecule is Cc1ccc(-n2cc(-c3ccco3)nc2SCc2n[nH]c(=S)n2Cc2ccccc2)cc1. The van der Waals surface area contributed by atoms with Crippen molar-refractivity contribution in [1.29, 1.82) is 0 Å². The molecule has 3 heterocycles. The van der Waals surface area contributed by atoms with Crippen molar-refractivity contribution < 1.29 is 4.42 Å². The van der Waals surface area contributed by atoms with E-state index in [0.29, 0.717) is 17.1 Å². The number of nitrogens with one attached hydrogen (secondary N) is 1. The zero-order valence-electron chi connectivity index (χ0n) is 17.4. The van der Waals surface area contributed by atoms with Gasteiger partial charge in [-0.1, -0.05) is 59.8 Å². The molecule has 5 aromatic rings. The van der Waals surface area contributed by atoms with Crippen molar-refractivity contribution in [2.45, 2.75) is 24.4 Å². The van der Waals surface area contributed by atoms with Crippen LogP contribution >= 0.6 is 24.0 Å². The first kappa shape index (κ1) is 20.5. The molecule has 0 spiro atoms. The Balaban J connectivity index is 1.44. The Hall–Kier alpha value is -3.36. The number of aromatic nitrogens is 5. The topological polar surface area (TPSA) is 64.6 Å². The summed E-state index contributed by atoms with van der Waals surface area (Å²) in [5, 5.41) is 8.26. The second-order valence-electron chi connectivity index (χ2n) is 7.40. The quantitative estimate of drug-likeness (QED) is 0.238. The van der Waals surface area contributed by atoms with Gasteiger partial charge in [0.15, 0.2) is 15.7 Å². The van der Waals surface area contributed by atoms with Crippen molar-refractivity contribution in [2.24, 2.45) is 0 Å². The molecule has 6 nitrogen and oxygen atoms in total. The van der Waals surface area contributed by atoms with Crippen LogP contribution in [0, 0.1) is 11.7 Å². The van der Waals surface area contributed by atoms with E-state index in [2.05, 4.69) is 58.1 Å². The minimum absolute atomic E-state index is 0.614. The Labute approximate surface area is 194 Å². The van der Waals surface area contributed by atoms with Crippen LogP contribution in [-0.2, 0) is 12.3 Å². The number of hydrogen-bond acceptors (Lipinski definition) is 5. The van der Waals surface area contributed by atoms with Crippen LogP contribution in [0.5, 0.6) is 0 Å². The molecule has 5 rings (SSSR count). The van der Waals surface area contributed by atoms with Crippen LogP contribution < -0.4 is 0 Å². The summed E-state index contributed by atoms with van der Waals surface area (Å²) in [5.41, 5.74) is 4.23. The van der Waals surface area contributed by atoms with Crippen molar-refractivity contribution in [3.05, 3.63) is 101 Å². The van der Waals surface area contributed by atoms with Gasteiger partial charge >= 0.3 is 0 Å². The maximum atomic E-state index is 5.57. The van der Waals surface area contributed by atoms with E-state index in [1.807, 2.05) is 41.1 Å². The molecule has 0 aliphatic carbocycles. The number of aromatic amines is 1. The summed E-state index contributed by atoms with van der Waals surface area (Å²) in [5.74, 6) is 2.24. The molecule has 0 fully saturated rings. The number of imidazole rings is 1. The number of thioether (sulfide) groups is 1. The molecule has 0 aliphatic heterocycles. The van der Waals surface area contributed by atoms with Gasteiger partial charge in [0.25, 0.3) is 0 Å². The first-order valence-electron chi connectivity index (χ1n) is 10.2. The third-order valence-electron chi connectivity index (χ3n) is 5.11. The number of benzene rings is 2. The average Bonchev–Trinajstić information content (AvgIpc) is 3.55. The van der Waals surface area contributed by atoms with Crippen LogP contribution in [0.1, 0.15) is 17.0 Å². The number of furan rings is 1. The van der Waals surface area contributed by atoms with Crippen LogP contribution in [0.4, 0.5) is 0 Å². The Morgan fingerprint density at radius 3 is 2.59 bits per heavy atom. The number of nitrogens with zero attached hydrogens (tertiary/aromatic N) is 4. The molecule has 3 aromatic heterocycles. The van der Waals surface area contributed by atoms with Crippen LogP contribution in [0.2, 0.25) is 0 Å². The van der Waals surface area contributed by atoms with Crippen molar-refractivity contribution >= 4 is 24.0 Å². The van der Waals surface area contributed by atoms with Gasteiger partial charge < -0.3 is 4.42 Å². The Bertz CT molecular complexity index is 1370. The Morgan fingerprint density at radius 2 is 1.84 bits per heavy atom. The zero-order valence-corrected chi connectivity index (χ0v) is 19.1. The second-order valence-corrected chi connectivity index (χ2v) is 8.73. The maximum absolute atomic E-state index is 5.57. The highest BCUT2D eigenvalue weighted by atomic mass is 32.2. The van der Waals surface area contributed by atoms with E-state index >= 15 is 0 Å². The fourth-order valence-electron chi connectivity index (χ4n) is 3.42. The highest BCUT2D eigenvalue weighted by Crippen LogP contribution is 2.29. The lowest BCUT2D eigenvalue weighted by Gasteiger charge is -2.09. The van der Waals surface area contributed by atoms with Crippen LogP contribution in [0.15, 0.2) is 88.8 Å². The lowest BCUT2D eigenvalue weighted by atomic mass is 10.2. The lowest BCUT2D eigenvalue weighted by Crippen LogP contribution is -2.05. The lowest BCUT2D eigenvalue weighted by molar-refractivity contribution is 0.580. The summed E-state index contributed by atoms with van der Waals surface area (Å²) in [6, 6.07) is 22.4. The predicted molar refractivity (Wildman–Crippen MR) is 129 cm³/mol. The monoisotopic (exact) mass is 459 g/mol. The maximum Gasteiger partial charge on any atom is 0.195 e. The van der Waals surface area contributed by atoms with Gasteiger partial charge in [-0.15, -0.1) is 0 Å². The molecular weight excluding hydrogens is 438 g/mol. The molecule has 0 amide bonds. The van der Waals surface area contributed by atoms with E-state index in [1.54, 1.807) is 18.0 Å². The molecule has 0 saturated carbocycles. The van der Waals surface area contributed by atoms with Crippen molar-refractivity contribution in [3.8, 4) is 17.1 Å². The van der Waals surface area contributed by atoms with E-state index in [9.17, 15) is 0 Å². The van der Waals surface area contributed by atoms with Crippen LogP contribution in [0.25, 0.3) is 17.1 Å². The number of rotatable bonds is 7. The van der Waals surface area contributed by atoms with E-state index in [0.717, 1.165) is 28.1 Å². The molecule has 0 aliphatic rings. The van der Waals surface area contributed by atoms with Gasteiger partial charge in [0.1, 0.15) is 11.5 Å². The van der Waals surface area contributed by atoms with Gasteiger partial charge in [0.05, 0.1) is 18.6 Å². The zero-order chi connectivity index (χ0) is 21.9. The summed E-state index contributed by atoms with van der Waals surface area (Å²) in [4.78, 5) is 4.85. The van der Waals surface area contributed by atoms with E-state index in [-0.39, 0.29) is 0 Å². The van der Waals surface area contributed by atoms with Gasteiger partial charge in [-0.25, -0.2) is 4.98 Å². The van der Waals surface area contributed by atoms with Gasteiger partial charge in [-0.2, -0.15) is 5.10 Å². The number of aryl methyl sites for hydroxylation is 1. The number of H-pyrrole nitrogens is 1. The Kier molecular flexibility index (Phi) is 5.79. The number of hydrogen-bond donors (Lipinski definition) is 1. The fourth-order valence-corrected chi connectivity index (χ4v) is 4.57. The molecule has 0 bridgehead atoms. The van der Waals surface area contributed by atoms with Gasteiger partial charge in [0, 0.05) is 11.9 Å². The van der Waals surface area contributed by atoms with Crippen LogP contribution in [-0.4, -0.2) is 24.3 Å². The van der Waals surface area contributed by atoms with Gasteiger partial charge in [-0.3, -0.25) is 14.2 Å². The summed E-state index contributed by atoms with van der Waals surface area (Å²) in [6.07, 6.45) is 3.67. The minimum atomic E-state index is 0.614. The summed E-state index contributed by atoms with van der Waals surface area (Å²) >= 11 is 7.09. The van der Waals surface area contributed by atoms with E-state index in [1.165, 1.54) is 11.1 Å². The molecule has 0 atom stereocenters. The largest absolute Gasteiger partial charge is 0.463 e. The summed E-state index contributed by atoms with van der Waals surface area (Å²) in [6.45, 7) is 2.76. The molecule has 2 aromatic carbocycles. The summed E-state index contributed by atoms with van der Waals surface area (Å²) in [7, 11) is 0. The van der Waals surface area contributed by atoms with E-state index < -0.39 is 0 Å².